The van der Waals surface area contributed by atoms with Crippen molar-refractivity contribution < 1.29 is 9.53 Å². The summed E-state index contributed by atoms with van der Waals surface area (Å²) in [6.45, 7) is 4.78. The third-order valence-electron chi connectivity index (χ3n) is 2.76. The van der Waals surface area contributed by atoms with Gasteiger partial charge in [0.1, 0.15) is 0 Å². The first kappa shape index (κ1) is 10.1. The molecule has 0 spiro atoms. The van der Waals surface area contributed by atoms with Gasteiger partial charge in [-0.2, -0.15) is 0 Å². The first-order chi connectivity index (χ1) is 6.11. The van der Waals surface area contributed by atoms with E-state index in [-0.39, 0.29) is 12.0 Å². The van der Waals surface area contributed by atoms with Crippen LogP contribution < -0.4 is 5.32 Å². The molecule has 2 unspecified atom stereocenters. The fraction of sp³-hybridized carbons (Fsp3) is 0.700. The molecule has 1 saturated heterocycles. The third-order valence-corrected chi connectivity index (χ3v) is 2.76. The Kier molecular flexibility index (Phi) is 2.94. The second kappa shape index (κ2) is 3.80. The largest absolute Gasteiger partial charge is 0.377 e. The van der Waals surface area contributed by atoms with Crippen molar-refractivity contribution in [2.75, 3.05) is 13.2 Å². The Labute approximate surface area is 78.8 Å². The maximum Gasteiger partial charge on any atom is 0.229 e. The molecular formula is C10H15NO2. The highest BCUT2D eigenvalue weighted by atomic mass is 16.5. The van der Waals surface area contributed by atoms with Gasteiger partial charge in [-0.05, 0) is 20.3 Å². The van der Waals surface area contributed by atoms with Gasteiger partial charge in [0.15, 0.2) is 0 Å². The fourth-order valence-electron chi connectivity index (χ4n) is 1.47. The van der Waals surface area contributed by atoms with Crippen LogP contribution in [0.2, 0.25) is 0 Å². The monoisotopic (exact) mass is 181 g/mol. The number of amides is 1. The van der Waals surface area contributed by atoms with E-state index in [1.54, 1.807) is 0 Å². The average molecular weight is 181 g/mol. The molecule has 1 rings (SSSR count). The van der Waals surface area contributed by atoms with Crippen LogP contribution in [0.4, 0.5) is 0 Å². The predicted octanol–water partition coefficient (Wildman–Crippen LogP) is 0.551. The van der Waals surface area contributed by atoms with E-state index in [4.69, 9.17) is 11.2 Å². The molecule has 1 heterocycles. The molecule has 2 atom stereocenters. The van der Waals surface area contributed by atoms with Gasteiger partial charge in [0.25, 0.3) is 0 Å². The van der Waals surface area contributed by atoms with Gasteiger partial charge in [0.05, 0.1) is 18.1 Å². The number of terminal acetylenes is 1. The van der Waals surface area contributed by atoms with Gasteiger partial charge < -0.3 is 10.1 Å². The van der Waals surface area contributed by atoms with Gasteiger partial charge in [-0.1, -0.05) is 5.92 Å². The Morgan fingerprint density at radius 3 is 3.00 bits per heavy atom. The highest BCUT2D eigenvalue weighted by Crippen LogP contribution is 2.34. The summed E-state index contributed by atoms with van der Waals surface area (Å²) >= 11 is 0. The lowest BCUT2D eigenvalue weighted by Crippen LogP contribution is -2.43. The number of nitrogens with one attached hydrogen (secondary N) is 1. The van der Waals surface area contributed by atoms with Crippen molar-refractivity contribution >= 4 is 5.91 Å². The zero-order valence-electron chi connectivity index (χ0n) is 8.09. The van der Waals surface area contributed by atoms with Gasteiger partial charge >= 0.3 is 0 Å². The first-order valence-electron chi connectivity index (χ1n) is 4.44. The number of ether oxygens (including phenoxy) is 1. The molecule has 1 aliphatic heterocycles. The lowest BCUT2D eigenvalue weighted by atomic mass is 9.83. The van der Waals surface area contributed by atoms with E-state index >= 15 is 0 Å². The van der Waals surface area contributed by atoms with E-state index in [2.05, 4.69) is 11.2 Å². The molecule has 0 aromatic rings. The molecule has 0 aromatic carbocycles. The summed E-state index contributed by atoms with van der Waals surface area (Å²) in [5.41, 5.74) is -0.406. The highest BCUT2D eigenvalue weighted by molar-refractivity contribution is 5.83. The Bertz CT molecular complexity index is 244. The molecule has 0 radical (unpaired) electrons. The lowest BCUT2D eigenvalue weighted by molar-refractivity contribution is -0.132. The lowest BCUT2D eigenvalue weighted by Gasteiger charge is -2.25. The predicted molar refractivity (Wildman–Crippen MR) is 50.0 cm³/mol. The molecule has 72 valence electrons. The third kappa shape index (κ3) is 1.84. The van der Waals surface area contributed by atoms with Crippen LogP contribution in [0.15, 0.2) is 0 Å². The van der Waals surface area contributed by atoms with Crippen molar-refractivity contribution in [3.63, 3.8) is 0 Å². The molecule has 1 aliphatic rings. The summed E-state index contributed by atoms with van der Waals surface area (Å²) in [7, 11) is 0. The quantitative estimate of drug-likeness (QED) is 0.632. The molecule has 1 fully saturated rings. The summed E-state index contributed by atoms with van der Waals surface area (Å²) in [6.07, 6.45) is 5.80. The van der Waals surface area contributed by atoms with Crippen molar-refractivity contribution in [3.05, 3.63) is 0 Å². The minimum Gasteiger partial charge on any atom is -0.377 e. The van der Waals surface area contributed by atoms with Crippen molar-refractivity contribution in [1.82, 2.24) is 5.32 Å². The van der Waals surface area contributed by atoms with E-state index in [0.29, 0.717) is 13.2 Å². The number of hydrogen-bond acceptors (Lipinski definition) is 2. The fourth-order valence-corrected chi connectivity index (χ4v) is 1.47. The number of carbonyl (C=O) groups excluding carboxylic acids is 1. The van der Waals surface area contributed by atoms with Crippen molar-refractivity contribution in [3.8, 4) is 12.3 Å². The summed E-state index contributed by atoms with van der Waals surface area (Å²) in [6, 6.07) is 0. The first-order valence-corrected chi connectivity index (χ1v) is 4.44. The molecule has 0 aromatic heterocycles. The molecule has 3 nitrogen and oxygen atoms in total. The van der Waals surface area contributed by atoms with Gasteiger partial charge in [-0.15, -0.1) is 6.42 Å². The van der Waals surface area contributed by atoms with Crippen molar-refractivity contribution in [2.45, 2.75) is 26.4 Å². The Morgan fingerprint density at radius 1 is 1.85 bits per heavy atom. The van der Waals surface area contributed by atoms with Crippen LogP contribution in [0.25, 0.3) is 0 Å². The van der Waals surface area contributed by atoms with Gasteiger partial charge in [0.2, 0.25) is 5.91 Å². The van der Waals surface area contributed by atoms with Crippen molar-refractivity contribution in [1.29, 1.82) is 0 Å². The number of rotatable bonds is 2. The zero-order valence-corrected chi connectivity index (χ0v) is 8.09. The van der Waals surface area contributed by atoms with Crippen LogP contribution in [-0.4, -0.2) is 25.2 Å². The SMILES string of the molecule is C#CCNC(=O)C1(C)CCOC1C. The molecular weight excluding hydrogens is 166 g/mol. The zero-order chi connectivity index (χ0) is 9.90. The van der Waals surface area contributed by atoms with Crippen LogP contribution in [0.1, 0.15) is 20.3 Å². The molecule has 0 bridgehead atoms. The Morgan fingerprint density at radius 2 is 2.54 bits per heavy atom. The molecule has 1 N–H and O–H groups in total. The van der Waals surface area contributed by atoms with Crippen LogP contribution in [0, 0.1) is 17.8 Å². The smallest absolute Gasteiger partial charge is 0.229 e. The molecule has 0 saturated carbocycles. The average Bonchev–Trinajstić information content (AvgIpc) is 2.44. The van der Waals surface area contributed by atoms with E-state index < -0.39 is 5.41 Å². The van der Waals surface area contributed by atoms with E-state index in [1.807, 2.05) is 13.8 Å². The van der Waals surface area contributed by atoms with Crippen LogP contribution >= 0.6 is 0 Å². The second-order valence-electron chi connectivity index (χ2n) is 3.57. The molecule has 0 aliphatic carbocycles. The standard InChI is InChI=1S/C10H15NO2/c1-4-6-11-9(12)10(3)5-7-13-8(10)2/h1,8H,5-7H2,2-3H3,(H,11,12). The van der Waals surface area contributed by atoms with Crippen LogP contribution in [-0.2, 0) is 9.53 Å². The molecule has 3 heteroatoms. The van der Waals surface area contributed by atoms with Crippen LogP contribution in [0.5, 0.6) is 0 Å². The van der Waals surface area contributed by atoms with E-state index in [1.165, 1.54) is 0 Å². The number of carbonyl (C=O) groups is 1. The highest BCUT2D eigenvalue weighted by Gasteiger charge is 2.43. The maximum absolute atomic E-state index is 11.6. The summed E-state index contributed by atoms with van der Waals surface area (Å²) in [5.74, 6) is 2.38. The summed E-state index contributed by atoms with van der Waals surface area (Å²) < 4.78 is 5.36. The Balaban J connectivity index is 2.59. The van der Waals surface area contributed by atoms with E-state index in [9.17, 15) is 4.79 Å². The summed E-state index contributed by atoms with van der Waals surface area (Å²) in [4.78, 5) is 11.6. The van der Waals surface area contributed by atoms with Crippen molar-refractivity contribution in [2.24, 2.45) is 5.41 Å². The normalized spacial score (nSPS) is 32.5. The second-order valence-corrected chi connectivity index (χ2v) is 3.57. The van der Waals surface area contributed by atoms with Crippen LogP contribution in [0.3, 0.4) is 0 Å². The minimum absolute atomic E-state index is 0.00421. The van der Waals surface area contributed by atoms with E-state index in [0.717, 1.165) is 6.42 Å². The number of hydrogen-bond donors (Lipinski definition) is 1. The van der Waals surface area contributed by atoms with Gasteiger partial charge in [-0.3, -0.25) is 4.79 Å². The van der Waals surface area contributed by atoms with Gasteiger partial charge in [-0.25, -0.2) is 0 Å². The molecule has 13 heavy (non-hydrogen) atoms. The minimum atomic E-state index is -0.406. The summed E-state index contributed by atoms with van der Waals surface area (Å²) in [5, 5.41) is 2.69. The Hall–Kier alpha value is -1.01. The molecule has 1 amide bonds. The topological polar surface area (TPSA) is 38.3 Å². The van der Waals surface area contributed by atoms with Gasteiger partial charge in [0, 0.05) is 6.61 Å². The maximum atomic E-state index is 11.6.